The largest absolute Gasteiger partial charge is 0.493 e. The number of rotatable bonds is 10. The average molecular weight is 448 g/mol. The van der Waals surface area contributed by atoms with Gasteiger partial charge in [0.25, 0.3) is 0 Å². The van der Waals surface area contributed by atoms with Crippen molar-refractivity contribution in [3.8, 4) is 5.75 Å². The van der Waals surface area contributed by atoms with E-state index in [1.165, 1.54) is 0 Å². The summed E-state index contributed by atoms with van der Waals surface area (Å²) in [5, 5.41) is 3.03. The van der Waals surface area contributed by atoms with Crippen LogP contribution in [0.3, 0.4) is 0 Å². The minimum atomic E-state index is -0.585. The van der Waals surface area contributed by atoms with Crippen LogP contribution in [0.2, 0.25) is 0 Å². The quantitative estimate of drug-likeness (QED) is 0.411. The van der Waals surface area contributed by atoms with E-state index >= 15 is 0 Å². The van der Waals surface area contributed by atoms with Crippen molar-refractivity contribution in [3.63, 3.8) is 0 Å². The van der Waals surface area contributed by atoms with Crippen molar-refractivity contribution in [1.29, 1.82) is 0 Å². The third-order valence-electron chi connectivity index (χ3n) is 4.31. The molecule has 0 aliphatic heterocycles. The average Bonchev–Trinajstić information content (AvgIpc) is 3.02. The molecule has 168 valence electrons. The van der Waals surface area contributed by atoms with Gasteiger partial charge in [0.15, 0.2) is 0 Å². The fourth-order valence-corrected chi connectivity index (χ4v) is 3.93. The fraction of sp³-hybridized carbons (Fsp3) is 0.435. The highest BCUT2D eigenvalue weighted by Crippen LogP contribution is 2.34. The number of hydrogen-bond donors (Lipinski definition) is 1. The van der Waals surface area contributed by atoms with Gasteiger partial charge in [-0.25, -0.2) is 9.59 Å². The number of benzene rings is 1. The van der Waals surface area contributed by atoms with E-state index in [2.05, 4.69) is 5.32 Å². The highest BCUT2D eigenvalue weighted by atomic mass is 32.1. The van der Waals surface area contributed by atoms with Gasteiger partial charge in [0.2, 0.25) is 5.91 Å². The van der Waals surface area contributed by atoms with E-state index in [0.29, 0.717) is 18.6 Å². The molecule has 0 aliphatic carbocycles. The fourth-order valence-electron chi connectivity index (χ4n) is 2.84. The first-order valence-electron chi connectivity index (χ1n) is 10.2. The summed E-state index contributed by atoms with van der Waals surface area (Å²) in [5.41, 5.74) is 1.65. The van der Waals surface area contributed by atoms with Crippen LogP contribution in [0, 0.1) is 13.8 Å². The first kappa shape index (κ1) is 24.4. The van der Waals surface area contributed by atoms with Crippen molar-refractivity contribution in [3.05, 3.63) is 45.8 Å². The van der Waals surface area contributed by atoms with E-state index in [4.69, 9.17) is 14.2 Å². The second-order valence-corrected chi connectivity index (χ2v) is 8.22. The van der Waals surface area contributed by atoms with Gasteiger partial charge in [-0.2, -0.15) is 0 Å². The summed E-state index contributed by atoms with van der Waals surface area (Å²) in [6.45, 7) is 9.36. The van der Waals surface area contributed by atoms with Gasteiger partial charge in [-0.05, 0) is 58.2 Å². The van der Waals surface area contributed by atoms with Gasteiger partial charge in [-0.15, -0.1) is 11.3 Å². The molecule has 0 fully saturated rings. The third kappa shape index (κ3) is 6.82. The van der Waals surface area contributed by atoms with Gasteiger partial charge >= 0.3 is 11.9 Å². The minimum absolute atomic E-state index is 0.184. The van der Waals surface area contributed by atoms with Crippen molar-refractivity contribution in [2.45, 2.75) is 53.6 Å². The lowest BCUT2D eigenvalue weighted by molar-refractivity contribution is -0.116. The van der Waals surface area contributed by atoms with Gasteiger partial charge in [0.1, 0.15) is 15.6 Å². The Labute approximate surface area is 186 Å². The number of carbonyl (C=O) groups is 3. The van der Waals surface area contributed by atoms with Gasteiger partial charge in [0, 0.05) is 6.42 Å². The summed E-state index contributed by atoms with van der Waals surface area (Å²) >= 11 is 1.02. The number of carbonyl (C=O) groups excluding carboxylic acids is 3. The van der Waals surface area contributed by atoms with E-state index < -0.39 is 11.9 Å². The predicted molar refractivity (Wildman–Crippen MR) is 120 cm³/mol. The summed E-state index contributed by atoms with van der Waals surface area (Å²) in [6, 6.07) is 7.67. The number of ether oxygens (including phenoxy) is 3. The highest BCUT2D eigenvalue weighted by Gasteiger charge is 2.27. The van der Waals surface area contributed by atoms with E-state index in [1.807, 2.05) is 31.2 Å². The molecule has 1 amide bonds. The highest BCUT2D eigenvalue weighted by molar-refractivity contribution is 7.18. The Bertz CT molecular complexity index is 934. The van der Waals surface area contributed by atoms with E-state index in [0.717, 1.165) is 22.6 Å². The summed E-state index contributed by atoms with van der Waals surface area (Å²) in [4.78, 5) is 37.6. The maximum Gasteiger partial charge on any atom is 0.348 e. The first-order valence-corrected chi connectivity index (χ1v) is 11.1. The molecule has 1 heterocycles. The molecule has 1 aromatic heterocycles. The zero-order valence-electron chi connectivity index (χ0n) is 18.6. The molecule has 31 heavy (non-hydrogen) atoms. The number of amides is 1. The third-order valence-corrected chi connectivity index (χ3v) is 5.49. The van der Waals surface area contributed by atoms with Crippen LogP contribution < -0.4 is 10.1 Å². The number of para-hydroxylation sites is 1. The molecule has 2 aromatic rings. The van der Waals surface area contributed by atoms with Crippen molar-refractivity contribution in [2.75, 3.05) is 18.5 Å². The molecular weight excluding hydrogens is 418 g/mol. The number of esters is 2. The molecule has 0 unspecified atom stereocenters. The summed E-state index contributed by atoms with van der Waals surface area (Å²) in [7, 11) is 0. The molecule has 1 aromatic carbocycles. The van der Waals surface area contributed by atoms with E-state index in [-0.39, 0.29) is 40.5 Å². The van der Waals surface area contributed by atoms with Crippen LogP contribution >= 0.6 is 11.3 Å². The van der Waals surface area contributed by atoms with Crippen molar-refractivity contribution in [1.82, 2.24) is 0 Å². The maximum absolute atomic E-state index is 12.5. The number of hydrogen-bond acceptors (Lipinski definition) is 7. The van der Waals surface area contributed by atoms with Gasteiger partial charge in [-0.1, -0.05) is 18.2 Å². The number of nitrogens with one attached hydrogen (secondary N) is 1. The van der Waals surface area contributed by atoms with Gasteiger partial charge in [0.05, 0.1) is 24.9 Å². The lowest BCUT2D eigenvalue weighted by atomic mass is 10.1. The Hall–Kier alpha value is -2.87. The van der Waals surface area contributed by atoms with Crippen LogP contribution in [0.1, 0.15) is 64.8 Å². The molecule has 0 saturated carbocycles. The van der Waals surface area contributed by atoms with E-state index in [1.54, 1.807) is 27.7 Å². The maximum atomic E-state index is 12.5. The second-order valence-electron chi connectivity index (χ2n) is 7.20. The molecular formula is C23H29NO6S. The molecule has 0 radical (unpaired) electrons. The lowest BCUT2D eigenvalue weighted by Crippen LogP contribution is -2.15. The Kier molecular flexibility index (Phi) is 9.05. The summed E-state index contributed by atoms with van der Waals surface area (Å²) in [6.07, 6.45) is 0.407. The molecule has 7 nitrogen and oxygen atoms in total. The first-order chi connectivity index (χ1) is 14.7. The minimum Gasteiger partial charge on any atom is -0.493 e. The van der Waals surface area contributed by atoms with E-state index in [9.17, 15) is 14.4 Å². The van der Waals surface area contributed by atoms with Crippen LogP contribution in [-0.4, -0.2) is 37.2 Å². The van der Waals surface area contributed by atoms with Crippen LogP contribution in [0.15, 0.2) is 24.3 Å². The second kappa shape index (κ2) is 11.5. The Balaban J connectivity index is 2.05. The van der Waals surface area contributed by atoms with Gasteiger partial charge in [-0.3, -0.25) is 4.79 Å². The zero-order valence-corrected chi connectivity index (χ0v) is 19.4. The zero-order chi connectivity index (χ0) is 23.0. The van der Waals surface area contributed by atoms with Crippen molar-refractivity contribution in [2.24, 2.45) is 0 Å². The van der Waals surface area contributed by atoms with Crippen LogP contribution in [-0.2, 0) is 14.3 Å². The molecule has 0 saturated heterocycles. The summed E-state index contributed by atoms with van der Waals surface area (Å²) < 4.78 is 16.1. The SMILES string of the molecule is CCOC(=O)c1c(NC(=O)CCCOc2ccccc2C)sc(C(=O)OC(C)C)c1C. The Morgan fingerprint density at radius 2 is 1.81 bits per heavy atom. The summed E-state index contributed by atoms with van der Waals surface area (Å²) in [5.74, 6) is -0.605. The number of anilines is 1. The molecule has 0 bridgehead atoms. The number of thiophene rings is 1. The normalized spacial score (nSPS) is 10.6. The monoisotopic (exact) mass is 447 g/mol. The smallest absolute Gasteiger partial charge is 0.348 e. The molecule has 8 heteroatoms. The van der Waals surface area contributed by atoms with Crippen molar-refractivity contribution < 1.29 is 28.6 Å². The lowest BCUT2D eigenvalue weighted by Gasteiger charge is -2.09. The molecule has 0 atom stereocenters. The molecule has 0 aliphatic rings. The van der Waals surface area contributed by atoms with Crippen molar-refractivity contribution >= 4 is 34.2 Å². The Morgan fingerprint density at radius 3 is 2.45 bits per heavy atom. The van der Waals surface area contributed by atoms with Crippen LogP contribution in [0.4, 0.5) is 5.00 Å². The standard InChI is InChI=1S/C23H29NO6S/c1-6-28-22(26)19-16(5)20(23(27)30-14(2)3)31-21(19)24-18(25)12-9-13-29-17-11-8-7-10-15(17)4/h7-8,10-11,14H,6,9,12-13H2,1-5H3,(H,24,25). The molecule has 0 spiro atoms. The molecule has 1 N–H and O–H groups in total. The van der Waals surface area contributed by atoms with Crippen LogP contribution in [0.5, 0.6) is 5.75 Å². The molecule has 2 rings (SSSR count). The number of aryl methyl sites for hydroxylation is 1. The van der Waals surface area contributed by atoms with Crippen LogP contribution in [0.25, 0.3) is 0 Å². The van der Waals surface area contributed by atoms with Gasteiger partial charge < -0.3 is 19.5 Å². The topological polar surface area (TPSA) is 90.9 Å². The Morgan fingerprint density at radius 1 is 1.10 bits per heavy atom. The predicted octanol–water partition coefficient (Wildman–Crippen LogP) is 4.90.